The molecule has 8 nitrogen and oxygen atoms in total. The highest BCUT2D eigenvalue weighted by Gasteiger charge is 2.59. The van der Waals surface area contributed by atoms with E-state index in [1.165, 1.54) is 0 Å². The number of halogens is 3. The van der Waals surface area contributed by atoms with Gasteiger partial charge in [0.1, 0.15) is 0 Å². The Morgan fingerprint density at radius 2 is 2.08 bits per heavy atom. The maximum atomic E-state index is 14.3. The lowest BCUT2D eigenvalue weighted by atomic mass is 9.78. The number of hydrogen-bond acceptors (Lipinski definition) is 6. The highest BCUT2D eigenvalue weighted by atomic mass is 19.4. The van der Waals surface area contributed by atoms with Crippen LogP contribution in [0.15, 0.2) is 12.3 Å². The monoisotopic (exact) mass is 552 g/mol. The second-order valence-corrected chi connectivity index (χ2v) is 12.1. The first-order valence-electron chi connectivity index (χ1n) is 13.9. The number of likely N-dealkylation sites (N-methyl/N-ethyl adjacent to an activating group) is 1. The molecule has 2 saturated heterocycles. The number of nitrogens with zero attached hydrogens (tertiary/aromatic N) is 4. The SMILES string of the molecule is COC1COCCC1C[C@@H]1C[C@H]2CN(C(=O)CN(C)C)C[C@@]2(C(=O)N2CCc3ncc(C(F)(F)F)cc3C2)C1. The highest BCUT2D eigenvalue weighted by molar-refractivity contribution is 5.87. The number of pyridine rings is 1. The quantitative estimate of drug-likeness (QED) is 0.541. The summed E-state index contributed by atoms with van der Waals surface area (Å²) in [6.45, 7) is 3.00. The molecule has 5 atom stereocenters. The maximum absolute atomic E-state index is 14.3. The third kappa shape index (κ3) is 5.67. The Hall–Kier alpha value is -2.24. The summed E-state index contributed by atoms with van der Waals surface area (Å²) in [5.74, 6) is 0.683. The van der Waals surface area contributed by atoms with Crippen LogP contribution in [0.1, 0.15) is 42.5 Å². The molecule has 1 aliphatic carbocycles. The predicted molar refractivity (Wildman–Crippen MR) is 136 cm³/mol. The van der Waals surface area contributed by atoms with E-state index in [0.717, 1.165) is 31.5 Å². The standard InChI is InChI=1S/C28H39F3N4O4/c1-33(2)15-25(36)35-14-22-9-18(8-19-5-7-39-16-24(19)38-3)11-27(22,17-35)26(37)34-6-4-23-20(13-34)10-21(12-32-23)28(29,30)31/h10,12,18-19,22,24H,4-9,11,13-17H2,1-3H3/t18-,19?,22+,24?,27+/m1/s1. The molecule has 3 aliphatic heterocycles. The topological polar surface area (TPSA) is 75.2 Å². The number of hydrogen-bond donors (Lipinski definition) is 0. The van der Waals surface area contributed by atoms with Crippen molar-refractivity contribution in [1.29, 1.82) is 0 Å². The van der Waals surface area contributed by atoms with Gasteiger partial charge in [-0.2, -0.15) is 13.2 Å². The van der Waals surface area contributed by atoms with Gasteiger partial charge in [-0.3, -0.25) is 14.6 Å². The molecule has 1 saturated carbocycles. The van der Waals surface area contributed by atoms with E-state index in [2.05, 4.69) is 4.98 Å². The third-order valence-electron chi connectivity index (χ3n) is 9.23. The van der Waals surface area contributed by atoms with Gasteiger partial charge < -0.3 is 24.2 Å². The summed E-state index contributed by atoms with van der Waals surface area (Å²) in [5.41, 5.74) is -0.439. The smallest absolute Gasteiger partial charge is 0.379 e. The largest absolute Gasteiger partial charge is 0.417 e. The molecule has 0 N–H and O–H groups in total. The van der Waals surface area contributed by atoms with Crippen LogP contribution in [0.3, 0.4) is 0 Å². The van der Waals surface area contributed by atoms with Crippen molar-refractivity contribution >= 4 is 11.8 Å². The number of carbonyl (C=O) groups is 2. The number of aromatic nitrogens is 1. The molecule has 11 heteroatoms. The number of fused-ring (bicyclic) bond motifs is 2. The fourth-order valence-corrected chi connectivity index (χ4v) is 7.36. The van der Waals surface area contributed by atoms with E-state index < -0.39 is 17.2 Å². The van der Waals surface area contributed by atoms with Gasteiger partial charge >= 0.3 is 6.18 Å². The zero-order valence-electron chi connectivity index (χ0n) is 23.0. The van der Waals surface area contributed by atoms with Crippen molar-refractivity contribution in [3.63, 3.8) is 0 Å². The van der Waals surface area contributed by atoms with Crippen LogP contribution < -0.4 is 0 Å². The van der Waals surface area contributed by atoms with E-state index >= 15 is 0 Å². The first-order valence-corrected chi connectivity index (χ1v) is 13.9. The zero-order chi connectivity index (χ0) is 27.9. The number of amides is 2. The Balaban J connectivity index is 1.37. The first kappa shape index (κ1) is 28.3. The van der Waals surface area contributed by atoms with Crippen LogP contribution >= 0.6 is 0 Å². The maximum Gasteiger partial charge on any atom is 0.417 e. The Kier molecular flexibility index (Phi) is 7.96. The fraction of sp³-hybridized carbons (Fsp3) is 0.750. The van der Waals surface area contributed by atoms with Crippen molar-refractivity contribution in [3.8, 4) is 0 Å². The number of ether oxygens (including phenoxy) is 2. The summed E-state index contributed by atoms with van der Waals surface area (Å²) >= 11 is 0. The normalized spacial score (nSPS) is 30.9. The van der Waals surface area contributed by atoms with Gasteiger partial charge in [0.05, 0.1) is 30.2 Å². The molecule has 216 valence electrons. The van der Waals surface area contributed by atoms with Crippen molar-refractivity contribution in [2.45, 2.75) is 50.9 Å². The molecule has 1 aromatic heterocycles. The fourth-order valence-electron chi connectivity index (χ4n) is 7.36. The van der Waals surface area contributed by atoms with Crippen LogP contribution in [0.4, 0.5) is 13.2 Å². The molecule has 0 radical (unpaired) electrons. The number of likely N-dealkylation sites (tertiary alicyclic amines) is 1. The van der Waals surface area contributed by atoms with Crippen LogP contribution in [0.25, 0.3) is 0 Å². The minimum absolute atomic E-state index is 0.00464. The lowest BCUT2D eigenvalue weighted by molar-refractivity contribution is -0.144. The Bertz CT molecular complexity index is 1080. The molecule has 4 heterocycles. The van der Waals surface area contributed by atoms with E-state index in [1.807, 2.05) is 23.9 Å². The molecule has 4 aliphatic rings. The van der Waals surface area contributed by atoms with E-state index in [4.69, 9.17) is 9.47 Å². The summed E-state index contributed by atoms with van der Waals surface area (Å²) in [5, 5.41) is 0. The van der Waals surface area contributed by atoms with Crippen LogP contribution in [-0.2, 0) is 38.2 Å². The second kappa shape index (κ2) is 11.0. The predicted octanol–water partition coefficient (Wildman–Crippen LogP) is 2.84. The van der Waals surface area contributed by atoms with Gasteiger partial charge in [-0.05, 0) is 69.2 Å². The van der Waals surface area contributed by atoms with Crippen LogP contribution in [-0.4, -0.2) is 98.2 Å². The van der Waals surface area contributed by atoms with Gasteiger partial charge in [0, 0.05) is 58.2 Å². The first-order chi connectivity index (χ1) is 18.5. The minimum Gasteiger partial charge on any atom is -0.379 e. The van der Waals surface area contributed by atoms with Crippen LogP contribution in [0.5, 0.6) is 0 Å². The van der Waals surface area contributed by atoms with Crippen LogP contribution in [0, 0.1) is 23.2 Å². The van der Waals surface area contributed by atoms with E-state index in [1.54, 1.807) is 12.0 Å². The lowest BCUT2D eigenvalue weighted by Gasteiger charge is -2.37. The van der Waals surface area contributed by atoms with Gasteiger partial charge in [0.25, 0.3) is 0 Å². The molecule has 1 aromatic rings. The Morgan fingerprint density at radius 1 is 1.28 bits per heavy atom. The zero-order valence-corrected chi connectivity index (χ0v) is 23.0. The minimum atomic E-state index is -4.49. The third-order valence-corrected chi connectivity index (χ3v) is 9.23. The van der Waals surface area contributed by atoms with Crippen molar-refractivity contribution < 1.29 is 32.2 Å². The number of alkyl halides is 3. The number of methoxy groups -OCH3 is 1. The van der Waals surface area contributed by atoms with E-state index in [9.17, 15) is 22.8 Å². The van der Waals surface area contributed by atoms with Gasteiger partial charge in [-0.15, -0.1) is 0 Å². The molecule has 39 heavy (non-hydrogen) atoms. The molecule has 2 unspecified atom stereocenters. The number of rotatable bonds is 6. The average Bonchev–Trinajstić information content (AvgIpc) is 3.42. The molecule has 0 aromatic carbocycles. The van der Waals surface area contributed by atoms with Gasteiger partial charge in [-0.25, -0.2) is 0 Å². The van der Waals surface area contributed by atoms with E-state index in [0.29, 0.717) is 68.8 Å². The van der Waals surface area contributed by atoms with Gasteiger partial charge in [-0.1, -0.05) is 0 Å². The molecular weight excluding hydrogens is 513 g/mol. The van der Waals surface area contributed by atoms with E-state index in [-0.39, 0.29) is 36.9 Å². The number of carbonyl (C=O) groups excluding carboxylic acids is 2. The Morgan fingerprint density at radius 3 is 2.79 bits per heavy atom. The molecule has 5 rings (SSSR count). The summed E-state index contributed by atoms with van der Waals surface area (Å²) < 4.78 is 51.3. The molecular formula is C28H39F3N4O4. The molecule has 0 bridgehead atoms. The molecule has 2 amide bonds. The van der Waals surface area contributed by atoms with Crippen LogP contribution in [0.2, 0.25) is 0 Å². The summed E-state index contributed by atoms with van der Waals surface area (Å²) in [6, 6.07) is 1.13. The van der Waals surface area contributed by atoms with Gasteiger partial charge in [0.2, 0.25) is 11.8 Å². The summed E-state index contributed by atoms with van der Waals surface area (Å²) in [6.07, 6.45) is 0.255. The second-order valence-electron chi connectivity index (χ2n) is 12.1. The van der Waals surface area contributed by atoms with Crippen molar-refractivity contribution in [2.24, 2.45) is 23.2 Å². The average molecular weight is 553 g/mol. The summed E-state index contributed by atoms with van der Waals surface area (Å²) in [4.78, 5) is 36.8. The molecule has 3 fully saturated rings. The lowest BCUT2D eigenvalue weighted by Crippen LogP contribution is -2.49. The van der Waals surface area contributed by atoms with Crippen molar-refractivity contribution in [1.82, 2.24) is 19.7 Å². The summed E-state index contributed by atoms with van der Waals surface area (Å²) in [7, 11) is 5.41. The molecule has 0 spiro atoms. The van der Waals surface area contributed by atoms with Crippen molar-refractivity contribution in [3.05, 3.63) is 29.1 Å². The van der Waals surface area contributed by atoms with Gasteiger partial charge in [0.15, 0.2) is 0 Å². The Labute approximate surface area is 227 Å². The van der Waals surface area contributed by atoms with Crippen molar-refractivity contribution in [2.75, 3.05) is 60.6 Å². The highest BCUT2D eigenvalue weighted by Crippen LogP contribution is 2.54.